The number of amides is 1. The smallest absolute Gasteiger partial charge is 0.279 e. The molecule has 2 heterocycles. The number of benzene rings is 2. The molecule has 1 fully saturated rings. The minimum Gasteiger partial charge on any atom is -0.319 e. The van der Waals surface area contributed by atoms with Gasteiger partial charge in [0.05, 0.1) is 20.0 Å². The lowest BCUT2D eigenvalue weighted by Gasteiger charge is -2.34. The van der Waals surface area contributed by atoms with E-state index in [9.17, 15) is 23.3 Å². The third-order valence-electron chi connectivity index (χ3n) is 5.95. The van der Waals surface area contributed by atoms with E-state index in [1.807, 2.05) is 6.92 Å². The zero-order valence-corrected chi connectivity index (χ0v) is 19.9. The molecule has 1 aromatic heterocycles. The number of nitrogens with zero attached hydrogens (tertiary/aromatic N) is 4. The summed E-state index contributed by atoms with van der Waals surface area (Å²) in [6, 6.07) is 10.3. The highest BCUT2D eigenvalue weighted by Crippen LogP contribution is 2.27. The maximum atomic E-state index is 13.1. The summed E-state index contributed by atoms with van der Waals surface area (Å²) in [7, 11) is -1.89. The van der Waals surface area contributed by atoms with Gasteiger partial charge in [-0.2, -0.15) is 9.30 Å². The molecule has 33 heavy (non-hydrogen) atoms. The Kier molecular flexibility index (Phi) is 6.46. The molecule has 0 bridgehead atoms. The van der Waals surface area contributed by atoms with Gasteiger partial charge in [-0.3, -0.25) is 14.9 Å². The van der Waals surface area contributed by atoms with Crippen molar-refractivity contribution in [3.8, 4) is 0 Å². The van der Waals surface area contributed by atoms with Gasteiger partial charge in [-0.15, -0.1) is 0 Å². The molecular formula is C22H24N4O5S2. The fourth-order valence-corrected chi connectivity index (χ4v) is 6.91. The summed E-state index contributed by atoms with van der Waals surface area (Å²) in [4.78, 5) is 28.0. The number of non-ortho nitro benzene ring substituents is 1. The average molecular weight is 489 g/mol. The molecule has 0 saturated carbocycles. The largest absolute Gasteiger partial charge is 0.319 e. The van der Waals surface area contributed by atoms with E-state index in [4.69, 9.17) is 0 Å². The van der Waals surface area contributed by atoms with Crippen LogP contribution in [0.1, 0.15) is 43.0 Å². The van der Waals surface area contributed by atoms with Gasteiger partial charge in [0.25, 0.3) is 11.6 Å². The summed E-state index contributed by atoms with van der Waals surface area (Å²) in [6.07, 6.45) is 3.51. The quantitative estimate of drug-likeness (QED) is 0.400. The number of hydrogen-bond acceptors (Lipinski definition) is 6. The highest BCUT2D eigenvalue weighted by Gasteiger charge is 2.32. The van der Waals surface area contributed by atoms with E-state index in [0.29, 0.717) is 16.0 Å². The Morgan fingerprint density at radius 1 is 1.21 bits per heavy atom. The first-order valence-corrected chi connectivity index (χ1v) is 12.9. The Morgan fingerprint density at radius 3 is 2.61 bits per heavy atom. The van der Waals surface area contributed by atoms with Crippen LogP contribution in [0.2, 0.25) is 0 Å². The number of rotatable bonds is 5. The SMILES string of the molecule is CC[C@H]1CCCCN1S(=O)(=O)c1ccc(C(=O)N=c2sc3cc([N+](=O)[O-])ccc3n2C)cc1. The molecule has 4 rings (SSSR count). The van der Waals surface area contributed by atoms with E-state index in [0.717, 1.165) is 31.2 Å². The molecule has 0 radical (unpaired) electrons. The fourth-order valence-electron chi connectivity index (χ4n) is 4.10. The number of carbonyl (C=O) groups excluding carboxylic acids is 1. The maximum Gasteiger partial charge on any atom is 0.279 e. The van der Waals surface area contributed by atoms with Crippen LogP contribution in [-0.2, 0) is 17.1 Å². The molecule has 11 heteroatoms. The Bertz CT molecular complexity index is 1390. The van der Waals surface area contributed by atoms with Crippen LogP contribution in [-0.4, -0.2) is 40.7 Å². The second-order valence-corrected chi connectivity index (χ2v) is 10.9. The number of piperidine rings is 1. The van der Waals surface area contributed by atoms with Crippen molar-refractivity contribution in [2.24, 2.45) is 12.0 Å². The number of aromatic nitrogens is 1. The maximum absolute atomic E-state index is 13.1. The molecule has 0 unspecified atom stereocenters. The Hall–Kier alpha value is -2.89. The molecule has 0 aliphatic carbocycles. The summed E-state index contributed by atoms with van der Waals surface area (Å²) in [6.45, 7) is 2.51. The number of thiazole rings is 1. The van der Waals surface area contributed by atoms with Crippen LogP contribution in [0, 0.1) is 10.1 Å². The van der Waals surface area contributed by atoms with Crippen LogP contribution >= 0.6 is 11.3 Å². The van der Waals surface area contributed by atoms with Crippen molar-refractivity contribution in [3.63, 3.8) is 0 Å². The van der Waals surface area contributed by atoms with Crippen LogP contribution in [0.3, 0.4) is 0 Å². The molecule has 3 aromatic rings. The van der Waals surface area contributed by atoms with E-state index in [-0.39, 0.29) is 22.2 Å². The van der Waals surface area contributed by atoms with Crippen LogP contribution in [0.4, 0.5) is 5.69 Å². The van der Waals surface area contributed by atoms with Gasteiger partial charge in [0, 0.05) is 37.3 Å². The van der Waals surface area contributed by atoms with Crippen molar-refractivity contribution >= 4 is 43.2 Å². The summed E-state index contributed by atoms with van der Waals surface area (Å²) >= 11 is 1.18. The summed E-state index contributed by atoms with van der Waals surface area (Å²) in [5.74, 6) is -0.514. The monoisotopic (exact) mass is 488 g/mol. The lowest BCUT2D eigenvalue weighted by molar-refractivity contribution is -0.384. The molecule has 1 saturated heterocycles. The van der Waals surface area contributed by atoms with Crippen LogP contribution < -0.4 is 4.80 Å². The van der Waals surface area contributed by atoms with Gasteiger partial charge < -0.3 is 4.57 Å². The number of carbonyl (C=O) groups is 1. The minimum atomic E-state index is -3.63. The van der Waals surface area contributed by atoms with E-state index in [1.165, 1.54) is 47.7 Å². The topological polar surface area (TPSA) is 115 Å². The molecule has 1 amide bonds. The number of fused-ring (bicyclic) bond motifs is 1. The lowest BCUT2D eigenvalue weighted by Crippen LogP contribution is -2.43. The van der Waals surface area contributed by atoms with Crippen LogP contribution in [0.5, 0.6) is 0 Å². The van der Waals surface area contributed by atoms with Crippen molar-refractivity contribution in [3.05, 3.63) is 62.9 Å². The van der Waals surface area contributed by atoms with Crippen molar-refractivity contribution in [1.82, 2.24) is 8.87 Å². The molecule has 1 aliphatic rings. The summed E-state index contributed by atoms with van der Waals surface area (Å²) in [5, 5.41) is 11.0. The predicted molar refractivity (Wildman–Crippen MR) is 126 cm³/mol. The van der Waals surface area contributed by atoms with Gasteiger partial charge >= 0.3 is 0 Å². The van der Waals surface area contributed by atoms with Gasteiger partial charge in [-0.25, -0.2) is 8.42 Å². The highest BCUT2D eigenvalue weighted by molar-refractivity contribution is 7.89. The van der Waals surface area contributed by atoms with Gasteiger partial charge in [-0.05, 0) is 49.6 Å². The normalized spacial score (nSPS) is 18.0. The summed E-state index contributed by atoms with van der Waals surface area (Å²) in [5.41, 5.74) is 0.965. The first-order chi connectivity index (χ1) is 15.7. The van der Waals surface area contributed by atoms with E-state index < -0.39 is 20.9 Å². The summed E-state index contributed by atoms with van der Waals surface area (Å²) < 4.78 is 30.2. The average Bonchev–Trinajstić information content (AvgIpc) is 3.13. The second kappa shape index (κ2) is 9.16. The molecule has 2 aromatic carbocycles. The van der Waals surface area contributed by atoms with Gasteiger partial charge in [0.1, 0.15) is 0 Å². The molecule has 0 N–H and O–H groups in total. The Morgan fingerprint density at radius 2 is 1.94 bits per heavy atom. The first kappa shape index (κ1) is 23.3. The molecule has 174 valence electrons. The van der Waals surface area contributed by atoms with Crippen LogP contribution in [0.15, 0.2) is 52.4 Å². The van der Waals surface area contributed by atoms with E-state index in [2.05, 4.69) is 4.99 Å². The number of sulfonamides is 1. The molecule has 1 atom stereocenters. The zero-order valence-electron chi connectivity index (χ0n) is 18.3. The number of aryl methyl sites for hydroxylation is 1. The van der Waals surface area contributed by atoms with Gasteiger partial charge in [-0.1, -0.05) is 24.7 Å². The Labute approximate surface area is 195 Å². The highest BCUT2D eigenvalue weighted by atomic mass is 32.2. The number of nitro benzene ring substituents is 1. The Balaban J connectivity index is 1.62. The van der Waals surface area contributed by atoms with Crippen molar-refractivity contribution < 1.29 is 18.1 Å². The van der Waals surface area contributed by atoms with E-state index >= 15 is 0 Å². The minimum absolute atomic E-state index is 0.00356. The van der Waals surface area contributed by atoms with E-state index in [1.54, 1.807) is 22.0 Å². The van der Waals surface area contributed by atoms with Crippen molar-refractivity contribution in [2.75, 3.05) is 6.54 Å². The van der Waals surface area contributed by atoms with Gasteiger partial charge in [0.15, 0.2) is 4.80 Å². The van der Waals surface area contributed by atoms with Crippen molar-refractivity contribution in [2.45, 2.75) is 43.5 Å². The first-order valence-electron chi connectivity index (χ1n) is 10.7. The number of hydrogen-bond donors (Lipinski definition) is 0. The fraction of sp³-hybridized carbons (Fsp3) is 0.364. The zero-order chi connectivity index (χ0) is 23.8. The molecule has 0 spiro atoms. The molecule has 1 aliphatic heterocycles. The third-order valence-corrected chi connectivity index (χ3v) is 9.01. The third kappa shape index (κ3) is 4.48. The number of nitro groups is 1. The molecule has 9 nitrogen and oxygen atoms in total. The van der Waals surface area contributed by atoms with Crippen molar-refractivity contribution in [1.29, 1.82) is 0 Å². The van der Waals surface area contributed by atoms with Crippen LogP contribution in [0.25, 0.3) is 10.2 Å². The van der Waals surface area contributed by atoms with Gasteiger partial charge in [0.2, 0.25) is 10.0 Å². The molecular weight excluding hydrogens is 464 g/mol. The second-order valence-electron chi connectivity index (χ2n) is 7.97. The lowest BCUT2D eigenvalue weighted by atomic mass is 10.0. The predicted octanol–water partition coefficient (Wildman–Crippen LogP) is 3.84. The standard InChI is InChI=1S/C22H24N4O5S2/c1-3-16-6-4-5-13-25(16)33(30,31)18-10-7-15(8-11-18)21(27)23-22-24(2)19-12-9-17(26(28)29)14-20(19)32-22/h7-12,14,16H,3-6,13H2,1-2H3/t16-/m0/s1.